The van der Waals surface area contributed by atoms with Gasteiger partial charge in [0.1, 0.15) is 5.76 Å². The van der Waals surface area contributed by atoms with Gasteiger partial charge in [-0.3, -0.25) is 0 Å². The van der Waals surface area contributed by atoms with Crippen molar-refractivity contribution in [3.8, 4) is 0 Å². The summed E-state index contributed by atoms with van der Waals surface area (Å²) in [7, 11) is 1.57. The van der Waals surface area contributed by atoms with Gasteiger partial charge in [0, 0.05) is 5.57 Å². The first-order chi connectivity index (χ1) is 7.11. The minimum absolute atomic E-state index is 0.0580. The van der Waals surface area contributed by atoms with Gasteiger partial charge in [0.05, 0.1) is 18.7 Å². The zero-order valence-corrected chi connectivity index (χ0v) is 10.1. The van der Waals surface area contributed by atoms with Crippen LogP contribution in [0.2, 0.25) is 0 Å². The Balaban J connectivity index is 3.26. The number of hydrogen-bond acceptors (Lipinski definition) is 2. The van der Waals surface area contributed by atoms with E-state index in [-0.39, 0.29) is 6.61 Å². The van der Waals surface area contributed by atoms with Crippen LogP contribution in [0.3, 0.4) is 0 Å². The van der Waals surface area contributed by atoms with Crippen molar-refractivity contribution in [1.82, 2.24) is 0 Å². The zero-order chi connectivity index (χ0) is 11.4. The summed E-state index contributed by atoms with van der Waals surface area (Å²) in [4.78, 5) is 0. The number of halogens is 1. The molecule has 0 bridgehead atoms. The summed E-state index contributed by atoms with van der Waals surface area (Å²) >= 11 is 6.23. The van der Waals surface area contributed by atoms with Crippen LogP contribution in [0.1, 0.15) is 20.3 Å². The molecule has 1 atom stereocenters. The molecule has 0 aromatic rings. The van der Waals surface area contributed by atoms with Crippen molar-refractivity contribution < 1.29 is 9.84 Å². The van der Waals surface area contributed by atoms with E-state index in [4.69, 9.17) is 16.3 Å². The Labute approximate surface area is 95.9 Å². The summed E-state index contributed by atoms with van der Waals surface area (Å²) < 4.78 is 5.24. The third-order valence-corrected chi connectivity index (χ3v) is 3.23. The Morgan fingerprint density at radius 2 is 2.27 bits per heavy atom. The highest BCUT2D eigenvalue weighted by Crippen LogP contribution is 2.30. The lowest BCUT2D eigenvalue weighted by molar-refractivity contribution is 0.280. The molecule has 0 aliphatic heterocycles. The molecule has 0 saturated heterocycles. The highest BCUT2D eigenvalue weighted by Gasteiger charge is 2.16. The SMILES string of the molecule is COC1=C(CO)/C=C/CC(C)/C(C)=C\1Cl. The molecule has 1 unspecified atom stereocenters. The van der Waals surface area contributed by atoms with Gasteiger partial charge in [-0.2, -0.15) is 0 Å². The zero-order valence-electron chi connectivity index (χ0n) is 9.38. The normalized spacial score (nSPS) is 34.6. The monoisotopic (exact) mass is 228 g/mol. The van der Waals surface area contributed by atoms with E-state index in [0.29, 0.717) is 16.7 Å². The summed E-state index contributed by atoms with van der Waals surface area (Å²) in [6, 6.07) is 0. The predicted molar refractivity (Wildman–Crippen MR) is 62.6 cm³/mol. The van der Waals surface area contributed by atoms with Crippen LogP contribution in [0.4, 0.5) is 0 Å². The second-order valence-electron chi connectivity index (χ2n) is 3.75. The van der Waals surface area contributed by atoms with Crippen molar-refractivity contribution in [3.63, 3.8) is 0 Å². The molecule has 0 saturated carbocycles. The first kappa shape index (κ1) is 12.3. The van der Waals surface area contributed by atoms with Gasteiger partial charge < -0.3 is 9.84 Å². The lowest BCUT2D eigenvalue weighted by Gasteiger charge is -2.18. The summed E-state index contributed by atoms with van der Waals surface area (Å²) in [5, 5.41) is 9.83. The van der Waals surface area contributed by atoms with Gasteiger partial charge >= 0.3 is 0 Å². The second kappa shape index (κ2) is 5.38. The molecule has 0 spiro atoms. The van der Waals surface area contributed by atoms with Gasteiger partial charge in [0.25, 0.3) is 0 Å². The van der Waals surface area contributed by atoms with Gasteiger partial charge in [0.15, 0.2) is 0 Å². The minimum atomic E-state index is -0.0580. The van der Waals surface area contributed by atoms with Gasteiger partial charge in [-0.1, -0.05) is 30.7 Å². The number of aliphatic hydroxyl groups excluding tert-OH is 1. The molecule has 0 aromatic carbocycles. The molecule has 0 amide bonds. The summed E-state index contributed by atoms with van der Waals surface area (Å²) in [6.07, 6.45) is 4.86. The van der Waals surface area contributed by atoms with Crippen LogP contribution < -0.4 is 0 Å². The fourth-order valence-electron chi connectivity index (χ4n) is 1.55. The van der Waals surface area contributed by atoms with Gasteiger partial charge in [-0.25, -0.2) is 0 Å². The molecule has 0 fully saturated rings. The molecular weight excluding hydrogens is 212 g/mol. The molecule has 0 aromatic heterocycles. The molecule has 1 rings (SSSR count). The van der Waals surface area contributed by atoms with Gasteiger partial charge in [-0.05, 0) is 24.8 Å². The van der Waals surface area contributed by atoms with Crippen molar-refractivity contribution in [2.24, 2.45) is 5.92 Å². The number of rotatable bonds is 2. The standard InChI is InChI=1S/C12H17ClO2/c1-8-5-4-6-10(7-14)12(15-3)11(13)9(8)2/h4,6,8,14H,5,7H2,1-3H3/b6-4+,11-9+,12-10-. The molecule has 0 heterocycles. The molecule has 2 nitrogen and oxygen atoms in total. The molecule has 3 heteroatoms. The quantitative estimate of drug-likeness (QED) is 0.788. The number of aliphatic hydroxyl groups is 1. The predicted octanol–water partition coefficient (Wildman–Crippen LogP) is 2.99. The van der Waals surface area contributed by atoms with E-state index in [1.807, 2.05) is 19.1 Å². The Hall–Kier alpha value is -0.730. The molecule has 0 radical (unpaired) electrons. The highest BCUT2D eigenvalue weighted by atomic mass is 35.5. The third kappa shape index (κ3) is 2.64. The maximum absolute atomic E-state index is 9.21. The molecule has 1 aliphatic carbocycles. The topological polar surface area (TPSA) is 29.5 Å². The average molecular weight is 229 g/mol. The fraction of sp³-hybridized carbons (Fsp3) is 0.500. The van der Waals surface area contributed by atoms with Crippen LogP contribution in [0.25, 0.3) is 0 Å². The van der Waals surface area contributed by atoms with Crippen LogP contribution in [0.15, 0.2) is 34.1 Å². The molecule has 15 heavy (non-hydrogen) atoms. The van der Waals surface area contributed by atoms with E-state index >= 15 is 0 Å². The molecule has 84 valence electrons. The summed E-state index contributed by atoms with van der Waals surface area (Å²) in [5.74, 6) is 0.985. The maximum atomic E-state index is 9.21. The fourth-order valence-corrected chi connectivity index (χ4v) is 1.93. The number of ether oxygens (including phenoxy) is 1. The van der Waals surface area contributed by atoms with E-state index in [0.717, 1.165) is 17.6 Å². The first-order valence-electron chi connectivity index (χ1n) is 5.03. The minimum Gasteiger partial charge on any atom is -0.495 e. The summed E-state index contributed by atoms with van der Waals surface area (Å²) in [5.41, 5.74) is 1.83. The molecule has 1 aliphatic rings. The number of hydrogen-bond donors (Lipinski definition) is 1. The van der Waals surface area contributed by atoms with E-state index in [1.165, 1.54) is 0 Å². The van der Waals surface area contributed by atoms with Gasteiger partial charge in [0.2, 0.25) is 0 Å². The van der Waals surface area contributed by atoms with Crippen LogP contribution >= 0.6 is 11.6 Å². The lowest BCUT2D eigenvalue weighted by Crippen LogP contribution is -2.05. The third-order valence-electron chi connectivity index (χ3n) is 2.76. The van der Waals surface area contributed by atoms with Crippen molar-refractivity contribution in [2.45, 2.75) is 20.3 Å². The maximum Gasteiger partial charge on any atom is 0.142 e. The van der Waals surface area contributed by atoms with Crippen LogP contribution in [-0.4, -0.2) is 18.8 Å². The number of allylic oxidation sites excluding steroid dienone is 3. The average Bonchev–Trinajstić information content (AvgIpc) is 2.24. The van der Waals surface area contributed by atoms with E-state index in [2.05, 4.69) is 6.92 Å². The van der Waals surface area contributed by atoms with Crippen molar-refractivity contribution in [2.75, 3.05) is 13.7 Å². The Kier molecular flexibility index (Phi) is 4.43. The molecular formula is C12H17ClO2. The van der Waals surface area contributed by atoms with Crippen molar-refractivity contribution in [3.05, 3.63) is 34.1 Å². The molecule has 1 N–H and O–H groups in total. The summed E-state index contributed by atoms with van der Waals surface area (Å²) in [6.45, 7) is 4.07. The van der Waals surface area contributed by atoms with Crippen LogP contribution in [0, 0.1) is 5.92 Å². The van der Waals surface area contributed by atoms with E-state index in [9.17, 15) is 5.11 Å². The Bertz CT molecular complexity index is 327. The number of methoxy groups -OCH3 is 1. The van der Waals surface area contributed by atoms with Crippen molar-refractivity contribution >= 4 is 11.6 Å². The van der Waals surface area contributed by atoms with Gasteiger partial charge in [-0.15, -0.1) is 0 Å². The second-order valence-corrected chi connectivity index (χ2v) is 4.13. The van der Waals surface area contributed by atoms with E-state index in [1.54, 1.807) is 7.11 Å². The first-order valence-corrected chi connectivity index (χ1v) is 5.40. The highest BCUT2D eigenvalue weighted by molar-refractivity contribution is 6.32. The van der Waals surface area contributed by atoms with Crippen LogP contribution in [0.5, 0.6) is 0 Å². The lowest BCUT2D eigenvalue weighted by atomic mass is 9.95. The Morgan fingerprint density at radius 1 is 1.60 bits per heavy atom. The van der Waals surface area contributed by atoms with Crippen LogP contribution in [-0.2, 0) is 4.74 Å². The Morgan fingerprint density at radius 3 is 2.80 bits per heavy atom. The van der Waals surface area contributed by atoms with E-state index < -0.39 is 0 Å². The van der Waals surface area contributed by atoms with Crippen molar-refractivity contribution in [1.29, 1.82) is 0 Å². The smallest absolute Gasteiger partial charge is 0.142 e. The largest absolute Gasteiger partial charge is 0.495 e.